The number of methoxy groups -OCH3 is 1. The molecule has 2 aliphatic rings. The number of carbonyl (C=O) groups excluding carboxylic acids is 2. The summed E-state index contributed by atoms with van der Waals surface area (Å²) in [6.45, 7) is 1.54. The van der Waals surface area contributed by atoms with Crippen LogP contribution in [-0.4, -0.2) is 43.0 Å². The monoisotopic (exact) mass is 316 g/mol. The smallest absolute Gasteiger partial charge is 0.255 e. The maximum Gasteiger partial charge on any atom is 0.255 e. The quantitative estimate of drug-likeness (QED) is 0.848. The van der Waals surface area contributed by atoms with E-state index in [0.29, 0.717) is 36.9 Å². The van der Waals surface area contributed by atoms with E-state index in [-0.39, 0.29) is 11.8 Å². The molecule has 1 fully saturated rings. The molecule has 1 heterocycles. The van der Waals surface area contributed by atoms with Gasteiger partial charge < -0.3 is 15.0 Å². The lowest BCUT2D eigenvalue weighted by Gasteiger charge is -2.30. The van der Waals surface area contributed by atoms with Crippen molar-refractivity contribution in [2.45, 2.75) is 44.7 Å². The number of carbonyl (C=O) groups is 2. The molecular formula is C18H24N2O3. The highest BCUT2D eigenvalue weighted by Crippen LogP contribution is 2.32. The fourth-order valence-electron chi connectivity index (χ4n) is 3.62. The minimum atomic E-state index is -0.197. The molecule has 0 radical (unpaired) electrons. The number of rotatable bonds is 5. The van der Waals surface area contributed by atoms with Crippen LogP contribution in [0.25, 0.3) is 0 Å². The van der Waals surface area contributed by atoms with E-state index in [1.54, 1.807) is 13.2 Å². The normalized spacial score (nSPS) is 18.1. The van der Waals surface area contributed by atoms with Crippen LogP contribution in [0, 0.1) is 0 Å². The van der Waals surface area contributed by atoms with Gasteiger partial charge in [-0.1, -0.05) is 31.4 Å². The first-order valence-corrected chi connectivity index (χ1v) is 8.42. The maximum absolute atomic E-state index is 12.9. The molecule has 3 rings (SSSR count). The van der Waals surface area contributed by atoms with Gasteiger partial charge in [0.2, 0.25) is 0 Å². The molecule has 0 spiro atoms. The Labute approximate surface area is 137 Å². The van der Waals surface area contributed by atoms with Gasteiger partial charge in [-0.05, 0) is 24.5 Å². The summed E-state index contributed by atoms with van der Waals surface area (Å²) in [4.78, 5) is 27.2. The molecule has 1 saturated carbocycles. The van der Waals surface area contributed by atoms with Gasteiger partial charge in [0.15, 0.2) is 0 Å². The number of ether oxygens (including phenoxy) is 1. The highest BCUT2D eigenvalue weighted by Gasteiger charge is 2.35. The van der Waals surface area contributed by atoms with Crippen molar-refractivity contribution in [3.63, 3.8) is 0 Å². The molecule has 0 bridgehead atoms. The van der Waals surface area contributed by atoms with Crippen LogP contribution in [0.4, 0.5) is 0 Å². The van der Waals surface area contributed by atoms with Gasteiger partial charge in [0.25, 0.3) is 11.8 Å². The molecule has 1 N–H and O–H groups in total. The average Bonchev–Trinajstić information content (AvgIpc) is 2.93. The molecule has 0 unspecified atom stereocenters. The highest BCUT2D eigenvalue weighted by atomic mass is 16.5. The summed E-state index contributed by atoms with van der Waals surface area (Å²) >= 11 is 0. The maximum atomic E-state index is 12.9. The van der Waals surface area contributed by atoms with Crippen LogP contribution < -0.4 is 5.32 Å². The van der Waals surface area contributed by atoms with E-state index in [1.165, 1.54) is 19.3 Å². The lowest BCUT2D eigenvalue weighted by atomic mass is 9.94. The third-order valence-corrected chi connectivity index (χ3v) is 4.82. The summed E-state index contributed by atoms with van der Waals surface area (Å²) in [6.07, 6.45) is 5.80. The Morgan fingerprint density at radius 1 is 1.30 bits per heavy atom. The predicted octanol–water partition coefficient (Wildman–Crippen LogP) is 2.35. The van der Waals surface area contributed by atoms with Crippen molar-refractivity contribution in [2.75, 3.05) is 20.3 Å². The van der Waals surface area contributed by atoms with E-state index >= 15 is 0 Å². The lowest BCUT2D eigenvalue weighted by Crippen LogP contribution is -2.37. The van der Waals surface area contributed by atoms with E-state index in [1.807, 2.05) is 17.0 Å². The topological polar surface area (TPSA) is 58.6 Å². The first-order chi connectivity index (χ1) is 11.2. The molecule has 5 heteroatoms. The van der Waals surface area contributed by atoms with Crippen molar-refractivity contribution in [1.82, 2.24) is 10.2 Å². The van der Waals surface area contributed by atoms with Crippen LogP contribution in [0.2, 0.25) is 0 Å². The van der Waals surface area contributed by atoms with Crippen molar-refractivity contribution in [3.05, 3.63) is 34.9 Å². The molecule has 0 aromatic heterocycles. The molecule has 0 atom stereocenters. The average molecular weight is 316 g/mol. The lowest BCUT2D eigenvalue weighted by molar-refractivity contribution is 0.0656. The van der Waals surface area contributed by atoms with Crippen molar-refractivity contribution < 1.29 is 14.3 Å². The zero-order chi connectivity index (χ0) is 16.2. The number of hydrogen-bond donors (Lipinski definition) is 1. The van der Waals surface area contributed by atoms with Crippen molar-refractivity contribution in [1.29, 1.82) is 0 Å². The summed E-state index contributed by atoms with van der Waals surface area (Å²) in [7, 11) is 1.60. The van der Waals surface area contributed by atoms with Crippen molar-refractivity contribution in [3.8, 4) is 0 Å². The minimum Gasteiger partial charge on any atom is -0.383 e. The fourth-order valence-corrected chi connectivity index (χ4v) is 3.62. The summed E-state index contributed by atoms with van der Waals surface area (Å²) in [5.74, 6) is -0.179. The molecule has 1 aliphatic carbocycles. The SMILES string of the molecule is COCCNC(=O)c1cccc2c1C(=O)N(C1CCCCC1)C2. The molecular weight excluding hydrogens is 292 g/mol. The predicted molar refractivity (Wildman–Crippen MR) is 87.4 cm³/mol. The Morgan fingerprint density at radius 3 is 2.83 bits per heavy atom. The summed E-state index contributed by atoms with van der Waals surface area (Å²) < 4.78 is 4.95. The summed E-state index contributed by atoms with van der Waals surface area (Å²) in [5, 5.41) is 2.81. The number of benzene rings is 1. The largest absolute Gasteiger partial charge is 0.383 e. The van der Waals surface area contributed by atoms with Gasteiger partial charge in [0, 0.05) is 26.2 Å². The van der Waals surface area contributed by atoms with Gasteiger partial charge in [-0.25, -0.2) is 0 Å². The standard InChI is InChI=1S/C18H24N2O3/c1-23-11-10-19-17(21)15-9-5-6-13-12-20(18(22)16(13)15)14-7-3-2-4-8-14/h5-6,9,14H,2-4,7-8,10-12H2,1H3,(H,19,21). The van der Waals surface area contributed by atoms with E-state index < -0.39 is 0 Å². The zero-order valence-electron chi connectivity index (χ0n) is 13.6. The first-order valence-electron chi connectivity index (χ1n) is 8.42. The summed E-state index contributed by atoms with van der Waals surface area (Å²) in [5.41, 5.74) is 2.05. The zero-order valence-corrected chi connectivity index (χ0v) is 13.6. The second-order valence-electron chi connectivity index (χ2n) is 6.31. The van der Waals surface area contributed by atoms with Gasteiger partial charge in [0.1, 0.15) is 0 Å². The number of hydrogen-bond acceptors (Lipinski definition) is 3. The third-order valence-electron chi connectivity index (χ3n) is 4.82. The Kier molecular flexibility index (Phi) is 4.96. The van der Waals surface area contributed by atoms with E-state index in [0.717, 1.165) is 18.4 Å². The number of nitrogens with zero attached hydrogens (tertiary/aromatic N) is 1. The Morgan fingerprint density at radius 2 is 2.09 bits per heavy atom. The molecule has 0 saturated heterocycles. The second-order valence-corrected chi connectivity index (χ2v) is 6.31. The summed E-state index contributed by atoms with van der Waals surface area (Å²) in [6, 6.07) is 5.89. The van der Waals surface area contributed by atoms with Gasteiger partial charge in [-0.15, -0.1) is 0 Å². The highest BCUT2D eigenvalue weighted by molar-refractivity contribution is 6.09. The van der Waals surface area contributed by atoms with E-state index in [2.05, 4.69) is 5.32 Å². The molecule has 5 nitrogen and oxygen atoms in total. The molecule has 1 aliphatic heterocycles. The van der Waals surface area contributed by atoms with Gasteiger partial charge in [0.05, 0.1) is 17.7 Å². The Balaban J connectivity index is 1.79. The molecule has 1 aromatic rings. The van der Waals surface area contributed by atoms with Crippen LogP contribution in [0.1, 0.15) is 58.4 Å². The van der Waals surface area contributed by atoms with Crippen molar-refractivity contribution in [2.24, 2.45) is 0 Å². The molecule has 124 valence electrons. The first kappa shape index (κ1) is 16.0. The number of amides is 2. The Hall–Kier alpha value is -1.88. The van der Waals surface area contributed by atoms with Crippen LogP contribution >= 0.6 is 0 Å². The van der Waals surface area contributed by atoms with Crippen LogP contribution in [0.5, 0.6) is 0 Å². The van der Waals surface area contributed by atoms with Crippen LogP contribution in [0.3, 0.4) is 0 Å². The van der Waals surface area contributed by atoms with Crippen molar-refractivity contribution >= 4 is 11.8 Å². The van der Waals surface area contributed by atoms with Gasteiger partial charge in [-0.3, -0.25) is 9.59 Å². The van der Waals surface area contributed by atoms with E-state index in [9.17, 15) is 9.59 Å². The third kappa shape index (κ3) is 3.24. The molecule has 23 heavy (non-hydrogen) atoms. The fraction of sp³-hybridized carbons (Fsp3) is 0.556. The Bertz CT molecular complexity index is 594. The van der Waals surface area contributed by atoms with Gasteiger partial charge in [-0.2, -0.15) is 0 Å². The van der Waals surface area contributed by atoms with Crippen LogP contribution in [-0.2, 0) is 11.3 Å². The molecule has 1 aromatic carbocycles. The second kappa shape index (κ2) is 7.13. The van der Waals surface area contributed by atoms with Gasteiger partial charge >= 0.3 is 0 Å². The van der Waals surface area contributed by atoms with Crippen LogP contribution in [0.15, 0.2) is 18.2 Å². The molecule has 2 amide bonds. The number of nitrogens with one attached hydrogen (secondary N) is 1. The number of fused-ring (bicyclic) bond motifs is 1. The minimum absolute atomic E-state index is 0.0180. The van der Waals surface area contributed by atoms with E-state index in [4.69, 9.17) is 4.74 Å².